The van der Waals surface area contributed by atoms with Crippen molar-refractivity contribution in [2.75, 3.05) is 19.6 Å². The van der Waals surface area contributed by atoms with Crippen LogP contribution in [0.25, 0.3) is 0 Å². The summed E-state index contributed by atoms with van der Waals surface area (Å²) in [6.45, 7) is 5.45. The van der Waals surface area contributed by atoms with Crippen LogP contribution in [-0.2, 0) is 9.59 Å². The number of carbonyl (C=O) groups excluding carboxylic acids is 1. The van der Waals surface area contributed by atoms with E-state index < -0.39 is 11.4 Å². The van der Waals surface area contributed by atoms with Crippen molar-refractivity contribution in [2.24, 2.45) is 11.3 Å². The molecule has 2 N–H and O–H groups in total. The van der Waals surface area contributed by atoms with E-state index in [1.165, 1.54) is 0 Å². The summed E-state index contributed by atoms with van der Waals surface area (Å²) in [6.07, 6.45) is 2.74. The summed E-state index contributed by atoms with van der Waals surface area (Å²) in [5.74, 6) is -0.468. The maximum absolute atomic E-state index is 11.7. The van der Waals surface area contributed by atoms with Crippen molar-refractivity contribution in [1.29, 1.82) is 0 Å². The molecule has 2 atom stereocenters. The molecule has 1 heterocycles. The fourth-order valence-corrected chi connectivity index (χ4v) is 3.43. The minimum absolute atomic E-state index is 0. The summed E-state index contributed by atoms with van der Waals surface area (Å²) in [5, 5.41) is 12.3. The summed E-state index contributed by atoms with van der Waals surface area (Å²) in [5.41, 5.74) is -0.585. The van der Waals surface area contributed by atoms with E-state index in [-0.39, 0.29) is 30.3 Å². The lowest BCUT2D eigenvalue weighted by molar-refractivity contribution is -0.149. The van der Waals surface area contributed by atoms with Crippen LogP contribution in [0.3, 0.4) is 0 Å². The number of likely N-dealkylation sites (tertiary alicyclic amines) is 1. The highest BCUT2D eigenvalue weighted by atomic mass is 35.5. The summed E-state index contributed by atoms with van der Waals surface area (Å²) in [7, 11) is 0. The third-order valence-corrected chi connectivity index (χ3v) is 4.18. The van der Waals surface area contributed by atoms with Gasteiger partial charge in [0.25, 0.3) is 0 Å². The number of carboxylic acid groups (broad SMARTS) is 1. The van der Waals surface area contributed by atoms with Crippen LogP contribution in [0, 0.1) is 11.3 Å². The highest BCUT2D eigenvalue weighted by Gasteiger charge is 2.54. The van der Waals surface area contributed by atoms with Crippen molar-refractivity contribution >= 4 is 24.3 Å². The Bertz CT molecular complexity index is 362. The van der Waals surface area contributed by atoms with Crippen molar-refractivity contribution in [2.45, 2.75) is 39.2 Å². The minimum atomic E-state index is -0.684. The molecule has 0 aromatic carbocycles. The summed E-state index contributed by atoms with van der Waals surface area (Å²) in [4.78, 5) is 25.2. The first-order valence-corrected chi connectivity index (χ1v) is 6.69. The molecular formula is C13H23ClN2O3. The van der Waals surface area contributed by atoms with Gasteiger partial charge in [0.2, 0.25) is 5.91 Å². The Morgan fingerprint density at radius 3 is 2.68 bits per heavy atom. The number of carboxylic acids is 1. The van der Waals surface area contributed by atoms with Crippen molar-refractivity contribution in [3.63, 3.8) is 0 Å². The van der Waals surface area contributed by atoms with Crippen LogP contribution < -0.4 is 5.32 Å². The standard InChI is InChI=1S/C13H22N2O3.ClH/c1-9(2)14-11(16)7-15-6-10-4-3-5-13(10,8-15)12(17)18;/h9-10H,3-8H2,1-2H3,(H,14,16)(H,17,18);1H/t10-,13+;/m0./s1. The van der Waals surface area contributed by atoms with Crippen LogP contribution in [0.2, 0.25) is 0 Å². The molecule has 110 valence electrons. The molecule has 2 aliphatic rings. The first-order valence-electron chi connectivity index (χ1n) is 6.69. The van der Waals surface area contributed by atoms with Crippen LogP contribution in [-0.4, -0.2) is 47.6 Å². The van der Waals surface area contributed by atoms with Crippen molar-refractivity contribution in [3.8, 4) is 0 Å². The molecule has 0 aromatic heterocycles. The summed E-state index contributed by atoms with van der Waals surface area (Å²) in [6, 6.07) is 0.132. The number of hydrogen-bond acceptors (Lipinski definition) is 3. The number of nitrogens with one attached hydrogen (secondary N) is 1. The van der Waals surface area contributed by atoms with E-state index >= 15 is 0 Å². The van der Waals surface area contributed by atoms with E-state index in [1.54, 1.807) is 0 Å². The maximum atomic E-state index is 11.7. The van der Waals surface area contributed by atoms with E-state index in [0.29, 0.717) is 13.1 Å². The van der Waals surface area contributed by atoms with Crippen molar-refractivity contribution in [3.05, 3.63) is 0 Å². The Balaban J connectivity index is 0.00000180. The molecule has 2 rings (SSSR count). The van der Waals surface area contributed by atoms with Gasteiger partial charge in [-0.15, -0.1) is 12.4 Å². The monoisotopic (exact) mass is 290 g/mol. The number of aliphatic carboxylic acids is 1. The number of halogens is 1. The van der Waals surface area contributed by atoms with Crippen LogP contribution >= 0.6 is 12.4 Å². The van der Waals surface area contributed by atoms with Gasteiger partial charge in [0, 0.05) is 19.1 Å². The van der Waals surface area contributed by atoms with Crippen LogP contribution in [0.4, 0.5) is 0 Å². The predicted octanol–water partition coefficient (Wildman–Crippen LogP) is 1.12. The zero-order chi connectivity index (χ0) is 13.3. The van der Waals surface area contributed by atoms with Gasteiger partial charge in [0.05, 0.1) is 12.0 Å². The van der Waals surface area contributed by atoms with Gasteiger partial charge in [-0.25, -0.2) is 0 Å². The number of carbonyl (C=O) groups is 2. The van der Waals surface area contributed by atoms with E-state index in [1.807, 2.05) is 18.7 Å². The topological polar surface area (TPSA) is 69.6 Å². The average Bonchev–Trinajstić information content (AvgIpc) is 2.72. The molecule has 2 fully saturated rings. The molecule has 19 heavy (non-hydrogen) atoms. The molecule has 0 aromatic rings. The lowest BCUT2D eigenvalue weighted by atomic mass is 9.81. The zero-order valence-corrected chi connectivity index (χ0v) is 12.3. The van der Waals surface area contributed by atoms with Crippen LogP contribution in [0.1, 0.15) is 33.1 Å². The van der Waals surface area contributed by atoms with E-state index in [0.717, 1.165) is 25.8 Å². The largest absolute Gasteiger partial charge is 0.481 e. The fraction of sp³-hybridized carbons (Fsp3) is 0.846. The molecular weight excluding hydrogens is 268 g/mol. The van der Waals surface area contributed by atoms with Gasteiger partial charge in [0.1, 0.15) is 0 Å². The molecule has 0 unspecified atom stereocenters. The van der Waals surface area contributed by atoms with Crippen LogP contribution in [0.15, 0.2) is 0 Å². The molecule has 5 nitrogen and oxygen atoms in total. The summed E-state index contributed by atoms with van der Waals surface area (Å²) < 4.78 is 0. The Hall–Kier alpha value is -0.810. The van der Waals surface area contributed by atoms with Crippen LogP contribution in [0.5, 0.6) is 0 Å². The molecule has 1 aliphatic heterocycles. The first kappa shape index (κ1) is 16.2. The number of hydrogen-bond donors (Lipinski definition) is 2. The SMILES string of the molecule is CC(C)NC(=O)CN1C[C@@H]2CCC[C@@]2(C(=O)O)C1.Cl. The van der Waals surface area contributed by atoms with Crippen molar-refractivity contribution in [1.82, 2.24) is 10.2 Å². The first-order chi connectivity index (χ1) is 8.44. The number of rotatable bonds is 4. The molecule has 1 saturated heterocycles. The summed E-state index contributed by atoms with van der Waals surface area (Å²) >= 11 is 0. The Labute approximate surface area is 120 Å². The Morgan fingerprint density at radius 2 is 2.16 bits per heavy atom. The molecule has 0 radical (unpaired) electrons. The number of fused-ring (bicyclic) bond motifs is 1. The van der Waals surface area contributed by atoms with Gasteiger partial charge in [-0.05, 0) is 32.6 Å². The third kappa shape index (κ3) is 3.20. The third-order valence-electron chi connectivity index (χ3n) is 4.18. The number of amides is 1. The fourth-order valence-electron chi connectivity index (χ4n) is 3.43. The highest BCUT2D eigenvalue weighted by molar-refractivity contribution is 5.85. The minimum Gasteiger partial charge on any atom is -0.481 e. The van der Waals surface area contributed by atoms with E-state index in [9.17, 15) is 14.7 Å². The average molecular weight is 291 g/mol. The van der Waals surface area contributed by atoms with Gasteiger partial charge < -0.3 is 10.4 Å². The van der Waals surface area contributed by atoms with E-state index in [2.05, 4.69) is 5.32 Å². The van der Waals surface area contributed by atoms with Gasteiger partial charge >= 0.3 is 5.97 Å². The molecule has 1 saturated carbocycles. The zero-order valence-electron chi connectivity index (χ0n) is 11.5. The lowest BCUT2D eigenvalue weighted by Crippen LogP contribution is -2.41. The van der Waals surface area contributed by atoms with Gasteiger partial charge in [-0.2, -0.15) is 0 Å². The molecule has 6 heteroatoms. The molecule has 1 amide bonds. The van der Waals surface area contributed by atoms with Gasteiger partial charge in [0.15, 0.2) is 0 Å². The predicted molar refractivity (Wildman–Crippen MR) is 74.4 cm³/mol. The number of nitrogens with zero attached hydrogens (tertiary/aromatic N) is 1. The molecule has 0 bridgehead atoms. The second kappa shape index (κ2) is 6.09. The van der Waals surface area contributed by atoms with Crippen molar-refractivity contribution < 1.29 is 14.7 Å². The highest BCUT2D eigenvalue weighted by Crippen LogP contribution is 2.48. The molecule has 1 aliphatic carbocycles. The van der Waals surface area contributed by atoms with Gasteiger partial charge in [-0.3, -0.25) is 14.5 Å². The maximum Gasteiger partial charge on any atom is 0.311 e. The normalized spacial score (nSPS) is 29.9. The van der Waals surface area contributed by atoms with Gasteiger partial charge in [-0.1, -0.05) is 6.42 Å². The Kier molecular flexibility index (Phi) is 5.21. The quantitative estimate of drug-likeness (QED) is 0.814. The second-order valence-corrected chi connectivity index (χ2v) is 5.94. The second-order valence-electron chi connectivity index (χ2n) is 5.94. The molecule has 0 spiro atoms. The Morgan fingerprint density at radius 1 is 1.47 bits per heavy atom. The lowest BCUT2D eigenvalue weighted by Gasteiger charge is -2.23. The van der Waals surface area contributed by atoms with E-state index in [4.69, 9.17) is 0 Å². The smallest absolute Gasteiger partial charge is 0.311 e.